The molecule has 2 heterocycles. The predicted octanol–water partition coefficient (Wildman–Crippen LogP) is 1.43. The number of pyridine rings is 1. The molecule has 1 amide bonds. The van der Waals surface area contributed by atoms with E-state index in [2.05, 4.69) is 4.98 Å². The average molecular weight is 233 g/mol. The van der Waals surface area contributed by atoms with E-state index in [1.54, 1.807) is 18.5 Å². The maximum absolute atomic E-state index is 12.3. The van der Waals surface area contributed by atoms with Crippen molar-refractivity contribution in [3.8, 4) is 0 Å². The molecule has 0 radical (unpaired) electrons. The Bertz CT molecular complexity index is 366. The Morgan fingerprint density at radius 3 is 3.18 bits per heavy atom. The summed E-state index contributed by atoms with van der Waals surface area (Å²) in [5.74, 6) is 0.109. The van der Waals surface area contributed by atoms with Gasteiger partial charge in [-0.1, -0.05) is 0 Å². The van der Waals surface area contributed by atoms with Gasteiger partial charge in [-0.15, -0.1) is 0 Å². The van der Waals surface area contributed by atoms with Gasteiger partial charge in [0.05, 0.1) is 5.56 Å². The zero-order valence-electron chi connectivity index (χ0n) is 10.0. The van der Waals surface area contributed by atoms with Crippen LogP contribution in [0.25, 0.3) is 0 Å². The van der Waals surface area contributed by atoms with Crippen molar-refractivity contribution in [2.45, 2.75) is 31.7 Å². The maximum Gasteiger partial charge on any atom is 0.255 e. The number of carbonyl (C=O) groups is 1. The van der Waals surface area contributed by atoms with E-state index >= 15 is 0 Å². The van der Waals surface area contributed by atoms with Crippen LogP contribution in [0, 0.1) is 0 Å². The second kappa shape index (κ2) is 5.77. The highest BCUT2D eigenvalue weighted by Gasteiger charge is 2.28. The Kier molecular flexibility index (Phi) is 4.09. The number of hydrogen-bond donors (Lipinski definition) is 1. The number of rotatable bonds is 4. The second-order valence-electron chi connectivity index (χ2n) is 4.47. The van der Waals surface area contributed by atoms with Crippen LogP contribution >= 0.6 is 0 Å². The van der Waals surface area contributed by atoms with E-state index in [0.29, 0.717) is 18.2 Å². The lowest BCUT2D eigenvalue weighted by molar-refractivity contribution is 0.0729. The van der Waals surface area contributed by atoms with Gasteiger partial charge in [0.2, 0.25) is 0 Å². The van der Waals surface area contributed by atoms with E-state index in [0.717, 1.165) is 32.2 Å². The molecule has 1 aliphatic rings. The zero-order valence-corrected chi connectivity index (χ0v) is 10.0. The van der Waals surface area contributed by atoms with Gasteiger partial charge in [-0.25, -0.2) is 0 Å². The van der Waals surface area contributed by atoms with Crippen LogP contribution in [-0.2, 0) is 0 Å². The molecule has 0 aliphatic carbocycles. The fourth-order valence-electron chi connectivity index (χ4n) is 2.41. The van der Waals surface area contributed by atoms with Crippen LogP contribution in [-0.4, -0.2) is 34.9 Å². The Morgan fingerprint density at radius 1 is 1.59 bits per heavy atom. The third kappa shape index (κ3) is 2.82. The molecule has 92 valence electrons. The Hall–Kier alpha value is -1.42. The SMILES string of the molecule is NCCCC1CCCN1C(=O)c1cccnc1. The fraction of sp³-hybridized carbons (Fsp3) is 0.538. The van der Waals surface area contributed by atoms with Crippen LogP contribution in [0.3, 0.4) is 0 Å². The van der Waals surface area contributed by atoms with Gasteiger partial charge in [-0.3, -0.25) is 9.78 Å². The van der Waals surface area contributed by atoms with E-state index in [4.69, 9.17) is 5.73 Å². The number of hydrogen-bond acceptors (Lipinski definition) is 3. The zero-order chi connectivity index (χ0) is 12.1. The first-order valence-electron chi connectivity index (χ1n) is 6.24. The number of amides is 1. The van der Waals surface area contributed by atoms with Crippen molar-refractivity contribution in [3.63, 3.8) is 0 Å². The number of likely N-dealkylation sites (tertiary alicyclic amines) is 1. The van der Waals surface area contributed by atoms with Crippen LogP contribution in [0.4, 0.5) is 0 Å². The highest BCUT2D eigenvalue weighted by atomic mass is 16.2. The second-order valence-corrected chi connectivity index (χ2v) is 4.47. The smallest absolute Gasteiger partial charge is 0.255 e. The summed E-state index contributed by atoms with van der Waals surface area (Å²) in [5, 5.41) is 0. The minimum atomic E-state index is 0.109. The predicted molar refractivity (Wildman–Crippen MR) is 66.6 cm³/mol. The molecule has 0 aromatic carbocycles. The van der Waals surface area contributed by atoms with Gasteiger partial charge < -0.3 is 10.6 Å². The lowest BCUT2D eigenvalue weighted by atomic mass is 10.1. The minimum Gasteiger partial charge on any atom is -0.336 e. The Morgan fingerprint density at radius 2 is 2.47 bits per heavy atom. The van der Waals surface area contributed by atoms with Gasteiger partial charge in [0.25, 0.3) is 5.91 Å². The van der Waals surface area contributed by atoms with Crippen molar-refractivity contribution >= 4 is 5.91 Å². The molecule has 0 spiro atoms. The lowest BCUT2D eigenvalue weighted by Crippen LogP contribution is -2.35. The molecule has 1 aliphatic heterocycles. The topological polar surface area (TPSA) is 59.2 Å². The van der Waals surface area contributed by atoms with Crippen molar-refractivity contribution in [1.82, 2.24) is 9.88 Å². The van der Waals surface area contributed by atoms with E-state index in [9.17, 15) is 4.79 Å². The summed E-state index contributed by atoms with van der Waals surface area (Å²) >= 11 is 0. The third-order valence-electron chi connectivity index (χ3n) is 3.29. The normalized spacial score (nSPS) is 19.6. The van der Waals surface area contributed by atoms with Crippen molar-refractivity contribution in [3.05, 3.63) is 30.1 Å². The summed E-state index contributed by atoms with van der Waals surface area (Å²) in [6.07, 6.45) is 7.53. The summed E-state index contributed by atoms with van der Waals surface area (Å²) < 4.78 is 0. The molecule has 0 saturated carbocycles. The van der Waals surface area contributed by atoms with Gasteiger partial charge >= 0.3 is 0 Å². The van der Waals surface area contributed by atoms with Crippen LogP contribution in [0.15, 0.2) is 24.5 Å². The Balaban J connectivity index is 2.03. The summed E-state index contributed by atoms with van der Waals surface area (Å²) in [6, 6.07) is 4.00. The van der Waals surface area contributed by atoms with Crippen LogP contribution in [0.1, 0.15) is 36.0 Å². The first-order valence-corrected chi connectivity index (χ1v) is 6.24. The quantitative estimate of drug-likeness (QED) is 0.855. The molecular formula is C13H19N3O. The first kappa shape index (κ1) is 12.0. The number of nitrogens with zero attached hydrogens (tertiary/aromatic N) is 2. The van der Waals surface area contributed by atoms with Crippen molar-refractivity contribution in [2.75, 3.05) is 13.1 Å². The lowest BCUT2D eigenvalue weighted by Gasteiger charge is -2.24. The molecule has 1 aromatic heterocycles. The molecule has 2 rings (SSSR count). The molecule has 1 saturated heterocycles. The summed E-state index contributed by atoms with van der Waals surface area (Å²) in [5.41, 5.74) is 6.21. The van der Waals surface area contributed by atoms with Gasteiger partial charge in [-0.05, 0) is 44.4 Å². The molecule has 1 unspecified atom stereocenters. The number of nitrogens with two attached hydrogens (primary N) is 1. The van der Waals surface area contributed by atoms with Gasteiger partial charge in [0.15, 0.2) is 0 Å². The standard InChI is InChI=1S/C13H19N3O/c14-7-1-5-12-6-3-9-16(12)13(17)11-4-2-8-15-10-11/h2,4,8,10,12H,1,3,5-7,9,14H2. The minimum absolute atomic E-state index is 0.109. The first-order chi connectivity index (χ1) is 8.33. The molecule has 2 N–H and O–H groups in total. The van der Waals surface area contributed by atoms with Gasteiger partial charge in [0, 0.05) is 25.0 Å². The molecule has 1 atom stereocenters. The third-order valence-corrected chi connectivity index (χ3v) is 3.29. The Labute approximate surface area is 102 Å². The molecule has 1 aromatic rings. The summed E-state index contributed by atoms with van der Waals surface area (Å²) in [4.78, 5) is 18.3. The summed E-state index contributed by atoms with van der Waals surface area (Å²) in [7, 11) is 0. The van der Waals surface area contributed by atoms with E-state index in [1.165, 1.54) is 0 Å². The maximum atomic E-state index is 12.3. The largest absolute Gasteiger partial charge is 0.336 e. The van der Waals surface area contributed by atoms with Crippen molar-refractivity contribution < 1.29 is 4.79 Å². The van der Waals surface area contributed by atoms with Crippen LogP contribution in [0.5, 0.6) is 0 Å². The van der Waals surface area contributed by atoms with Crippen molar-refractivity contribution in [1.29, 1.82) is 0 Å². The molecule has 0 bridgehead atoms. The highest BCUT2D eigenvalue weighted by molar-refractivity contribution is 5.94. The fourth-order valence-corrected chi connectivity index (χ4v) is 2.41. The van der Waals surface area contributed by atoms with E-state index in [1.807, 2.05) is 11.0 Å². The number of carbonyl (C=O) groups excluding carboxylic acids is 1. The summed E-state index contributed by atoms with van der Waals surface area (Å²) in [6.45, 7) is 1.56. The van der Waals surface area contributed by atoms with Crippen molar-refractivity contribution in [2.24, 2.45) is 5.73 Å². The highest BCUT2D eigenvalue weighted by Crippen LogP contribution is 2.23. The van der Waals surface area contributed by atoms with Crippen LogP contribution < -0.4 is 5.73 Å². The van der Waals surface area contributed by atoms with Gasteiger partial charge in [-0.2, -0.15) is 0 Å². The molecule has 4 heteroatoms. The molecule has 1 fully saturated rings. The number of aromatic nitrogens is 1. The molecule has 4 nitrogen and oxygen atoms in total. The van der Waals surface area contributed by atoms with Gasteiger partial charge in [0.1, 0.15) is 0 Å². The van der Waals surface area contributed by atoms with Crippen LogP contribution in [0.2, 0.25) is 0 Å². The average Bonchev–Trinajstić information content (AvgIpc) is 2.84. The van der Waals surface area contributed by atoms with E-state index in [-0.39, 0.29) is 5.91 Å². The molecule has 17 heavy (non-hydrogen) atoms. The van der Waals surface area contributed by atoms with E-state index < -0.39 is 0 Å². The monoisotopic (exact) mass is 233 g/mol. The molecular weight excluding hydrogens is 214 g/mol.